The maximum absolute atomic E-state index is 2.53. The van der Waals surface area contributed by atoms with Gasteiger partial charge in [0, 0.05) is 32.7 Å². The molecule has 1 fully saturated rings. The Balaban J connectivity index is 2.49. The van der Waals surface area contributed by atoms with Crippen LogP contribution in [0.1, 0.15) is 20.3 Å². The normalized spacial score (nSPS) is 20.8. The van der Waals surface area contributed by atoms with E-state index in [1.807, 2.05) is 0 Å². The van der Waals surface area contributed by atoms with Gasteiger partial charge in [0.05, 0.1) is 0 Å². The standard InChI is InChI=1S/C15H26N2/c1-4-6-7-9-15(8-5-2)14-17-12-10-16(3)11-13-17/h5-9H,4,10-14H2,1-3H3/b7-6+,8-5-,15-9+. The van der Waals surface area contributed by atoms with Crippen LogP contribution in [0.5, 0.6) is 0 Å². The highest BCUT2D eigenvalue weighted by Gasteiger charge is 2.13. The quantitative estimate of drug-likeness (QED) is 0.675. The molecule has 0 unspecified atom stereocenters. The molecular weight excluding hydrogens is 208 g/mol. The number of rotatable bonds is 5. The van der Waals surface area contributed by atoms with Crippen molar-refractivity contribution in [3.8, 4) is 0 Å². The molecule has 0 amide bonds. The molecule has 1 rings (SSSR count). The highest BCUT2D eigenvalue weighted by atomic mass is 15.2. The molecule has 0 aromatic heterocycles. The zero-order chi connectivity index (χ0) is 12.5. The van der Waals surface area contributed by atoms with Crippen molar-refractivity contribution in [3.05, 3.63) is 36.0 Å². The average Bonchev–Trinajstić information content (AvgIpc) is 2.32. The maximum Gasteiger partial charge on any atom is 0.0234 e. The molecular formula is C15H26N2. The predicted octanol–water partition coefficient (Wildman–Crippen LogP) is 2.70. The van der Waals surface area contributed by atoms with E-state index in [1.165, 1.54) is 31.8 Å². The van der Waals surface area contributed by atoms with Crippen molar-refractivity contribution < 1.29 is 0 Å². The Kier molecular flexibility index (Phi) is 6.90. The van der Waals surface area contributed by atoms with Crippen molar-refractivity contribution in [2.24, 2.45) is 0 Å². The van der Waals surface area contributed by atoms with Crippen molar-refractivity contribution >= 4 is 0 Å². The number of hydrogen-bond donors (Lipinski definition) is 0. The van der Waals surface area contributed by atoms with Crippen LogP contribution in [0.25, 0.3) is 0 Å². The van der Waals surface area contributed by atoms with E-state index < -0.39 is 0 Å². The summed E-state index contributed by atoms with van der Waals surface area (Å²) in [6.07, 6.45) is 12.1. The molecule has 0 bridgehead atoms. The fraction of sp³-hybridized carbons (Fsp3) is 0.600. The molecule has 0 N–H and O–H groups in total. The zero-order valence-corrected chi connectivity index (χ0v) is 11.5. The van der Waals surface area contributed by atoms with Gasteiger partial charge in [-0.3, -0.25) is 4.90 Å². The number of likely N-dealkylation sites (N-methyl/N-ethyl adjacent to an activating group) is 1. The number of piperazine rings is 1. The first kappa shape index (κ1) is 14.2. The monoisotopic (exact) mass is 234 g/mol. The van der Waals surface area contributed by atoms with Crippen LogP contribution in [0, 0.1) is 0 Å². The van der Waals surface area contributed by atoms with Crippen molar-refractivity contribution in [1.29, 1.82) is 0 Å². The second kappa shape index (κ2) is 8.26. The summed E-state index contributed by atoms with van der Waals surface area (Å²) in [5.74, 6) is 0. The fourth-order valence-corrected chi connectivity index (χ4v) is 1.97. The molecule has 0 atom stereocenters. The van der Waals surface area contributed by atoms with E-state index in [9.17, 15) is 0 Å². The second-order valence-corrected chi connectivity index (χ2v) is 4.66. The predicted molar refractivity (Wildman–Crippen MR) is 76.3 cm³/mol. The SMILES string of the molecule is C\C=C/C(=C\C=C\CC)CN1CCN(C)CC1. The third kappa shape index (κ3) is 5.85. The Morgan fingerprint density at radius 2 is 1.88 bits per heavy atom. The van der Waals surface area contributed by atoms with E-state index >= 15 is 0 Å². The summed E-state index contributed by atoms with van der Waals surface area (Å²) < 4.78 is 0. The molecule has 2 heteroatoms. The first-order valence-electron chi connectivity index (χ1n) is 6.65. The van der Waals surface area contributed by atoms with Gasteiger partial charge in [-0.15, -0.1) is 0 Å². The van der Waals surface area contributed by atoms with Crippen LogP contribution >= 0.6 is 0 Å². The minimum absolute atomic E-state index is 1.08. The summed E-state index contributed by atoms with van der Waals surface area (Å²) in [5.41, 5.74) is 1.40. The molecule has 0 spiro atoms. The molecule has 1 aliphatic rings. The summed E-state index contributed by atoms with van der Waals surface area (Å²) in [7, 11) is 2.20. The van der Waals surface area contributed by atoms with Gasteiger partial charge in [-0.1, -0.05) is 37.3 Å². The molecule has 17 heavy (non-hydrogen) atoms. The molecule has 1 saturated heterocycles. The van der Waals surface area contributed by atoms with Crippen LogP contribution in [0.2, 0.25) is 0 Å². The van der Waals surface area contributed by atoms with Crippen molar-refractivity contribution in [2.75, 3.05) is 39.8 Å². The summed E-state index contributed by atoms with van der Waals surface area (Å²) in [6, 6.07) is 0. The van der Waals surface area contributed by atoms with Gasteiger partial charge < -0.3 is 4.90 Å². The van der Waals surface area contributed by atoms with E-state index in [2.05, 4.69) is 61.1 Å². The van der Waals surface area contributed by atoms with Crippen molar-refractivity contribution in [3.63, 3.8) is 0 Å². The minimum Gasteiger partial charge on any atom is -0.304 e. The van der Waals surface area contributed by atoms with Gasteiger partial charge in [0.1, 0.15) is 0 Å². The third-order valence-electron chi connectivity index (χ3n) is 3.06. The molecule has 0 radical (unpaired) electrons. The Bertz CT molecular complexity index is 281. The lowest BCUT2D eigenvalue weighted by Gasteiger charge is -2.32. The van der Waals surface area contributed by atoms with Crippen LogP contribution < -0.4 is 0 Å². The second-order valence-electron chi connectivity index (χ2n) is 4.66. The number of allylic oxidation sites excluding steroid dienone is 4. The molecule has 0 saturated carbocycles. The smallest absolute Gasteiger partial charge is 0.0234 e. The van der Waals surface area contributed by atoms with Crippen molar-refractivity contribution in [1.82, 2.24) is 9.80 Å². The van der Waals surface area contributed by atoms with E-state index in [0.717, 1.165) is 13.0 Å². The van der Waals surface area contributed by atoms with Gasteiger partial charge in [0.15, 0.2) is 0 Å². The first-order valence-corrected chi connectivity index (χ1v) is 6.65. The third-order valence-corrected chi connectivity index (χ3v) is 3.06. The minimum atomic E-state index is 1.08. The molecule has 1 aliphatic heterocycles. The zero-order valence-electron chi connectivity index (χ0n) is 11.5. The van der Waals surface area contributed by atoms with Gasteiger partial charge in [-0.2, -0.15) is 0 Å². The average molecular weight is 234 g/mol. The lowest BCUT2D eigenvalue weighted by Crippen LogP contribution is -2.44. The molecule has 0 aromatic carbocycles. The van der Waals surface area contributed by atoms with E-state index in [0.29, 0.717) is 0 Å². The highest BCUT2D eigenvalue weighted by Crippen LogP contribution is 2.06. The van der Waals surface area contributed by atoms with Crippen LogP contribution in [0.3, 0.4) is 0 Å². The van der Waals surface area contributed by atoms with Gasteiger partial charge >= 0.3 is 0 Å². The number of nitrogens with zero attached hydrogens (tertiary/aromatic N) is 2. The van der Waals surface area contributed by atoms with Gasteiger partial charge in [-0.05, 0) is 26.0 Å². The van der Waals surface area contributed by atoms with E-state index in [1.54, 1.807) is 0 Å². The molecule has 1 heterocycles. The van der Waals surface area contributed by atoms with Gasteiger partial charge in [0.2, 0.25) is 0 Å². The molecule has 2 nitrogen and oxygen atoms in total. The van der Waals surface area contributed by atoms with Crippen LogP contribution in [-0.4, -0.2) is 49.6 Å². The fourth-order valence-electron chi connectivity index (χ4n) is 1.97. The summed E-state index contributed by atoms with van der Waals surface area (Å²) >= 11 is 0. The van der Waals surface area contributed by atoms with Gasteiger partial charge in [-0.25, -0.2) is 0 Å². The lowest BCUT2D eigenvalue weighted by atomic mass is 10.2. The van der Waals surface area contributed by atoms with Crippen molar-refractivity contribution in [2.45, 2.75) is 20.3 Å². The Labute approximate surface area is 106 Å². The molecule has 0 aromatic rings. The lowest BCUT2D eigenvalue weighted by molar-refractivity contribution is 0.165. The summed E-state index contributed by atoms with van der Waals surface area (Å²) in [6.45, 7) is 10.1. The van der Waals surface area contributed by atoms with Crippen LogP contribution in [0.15, 0.2) is 36.0 Å². The summed E-state index contributed by atoms with van der Waals surface area (Å²) in [5, 5.41) is 0. The molecule has 96 valence electrons. The van der Waals surface area contributed by atoms with E-state index in [4.69, 9.17) is 0 Å². The highest BCUT2D eigenvalue weighted by molar-refractivity contribution is 5.25. The Morgan fingerprint density at radius 3 is 2.47 bits per heavy atom. The molecule has 0 aliphatic carbocycles. The van der Waals surface area contributed by atoms with Crippen LogP contribution in [-0.2, 0) is 0 Å². The maximum atomic E-state index is 2.53. The largest absolute Gasteiger partial charge is 0.304 e. The summed E-state index contributed by atoms with van der Waals surface area (Å²) in [4.78, 5) is 4.93. The number of hydrogen-bond acceptors (Lipinski definition) is 2. The van der Waals surface area contributed by atoms with Crippen LogP contribution in [0.4, 0.5) is 0 Å². The van der Waals surface area contributed by atoms with Gasteiger partial charge in [0.25, 0.3) is 0 Å². The first-order chi connectivity index (χ1) is 8.26. The van der Waals surface area contributed by atoms with E-state index in [-0.39, 0.29) is 0 Å². The topological polar surface area (TPSA) is 6.48 Å². The Hall–Kier alpha value is -0.860. The Morgan fingerprint density at radius 1 is 1.18 bits per heavy atom.